The van der Waals surface area contributed by atoms with Gasteiger partial charge in [-0.05, 0) is 65.7 Å². The normalized spacial score (nSPS) is 50.6. The molecule has 6 saturated heterocycles. The Morgan fingerprint density at radius 2 is 1.62 bits per heavy atom. The number of hydrogen-bond acceptors (Lipinski definition) is 13. The molecule has 0 radical (unpaired) electrons. The Balaban J connectivity index is 1.26. The Bertz CT molecular complexity index is 1400. The first-order valence-corrected chi connectivity index (χ1v) is 22.1. The molecule has 6 fully saturated rings. The molecular formula is C44H76O14. The Morgan fingerprint density at radius 3 is 2.22 bits per heavy atom. The van der Waals surface area contributed by atoms with Crippen LogP contribution in [0, 0.1) is 35.5 Å². The standard InChI is InChI=1S/C44H76O14/c1-14-32(45)41(9)20-23(3)44(48,58-41)33-19-22(2)39(54-33)42(10)21-31(53-34-16-15-29(49-11)28(8)52-34)38(56-42)30-17-18-43(55-30)27(7)37(51-13)25(5)36(57-43)24(4)35(50-12)26(6)40(46)47/h22-39,45,48H,14-21H2,1-13H3,(H,46,47)/t22-,23-,24-,25-,26-,27+,28+,29+,30-,31+,32+,33+,34+,35+,36+,37+,38-,39+,41-,42-,43-,44-/m0/s1. The van der Waals surface area contributed by atoms with E-state index in [0.717, 1.165) is 6.42 Å². The van der Waals surface area contributed by atoms with Gasteiger partial charge in [-0.3, -0.25) is 4.79 Å². The van der Waals surface area contributed by atoms with Gasteiger partial charge in [-0.25, -0.2) is 0 Å². The minimum atomic E-state index is -1.57. The molecule has 6 aliphatic rings. The van der Waals surface area contributed by atoms with E-state index in [0.29, 0.717) is 44.9 Å². The quantitative estimate of drug-likeness (QED) is 0.202. The Morgan fingerprint density at radius 1 is 0.914 bits per heavy atom. The maximum absolute atomic E-state index is 12.1. The fraction of sp³-hybridized carbons (Fsp3) is 0.977. The Hall–Kier alpha value is -1.01. The van der Waals surface area contributed by atoms with Crippen molar-refractivity contribution in [2.45, 2.75) is 217 Å². The largest absolute Gasteiger partial charge is 0.481 e. The summed E-state index contributed by atoms with van der Waals surface area (Å²) in [6.07, 6.45) is -0.0850. The predicted molar refractivity (Wildman–Crippen MR) is 212 cm³/mol. The summed E-state index contributed by atoms with van der Waals surface area (Å²) in [5.41, 5.74) is -1.70. The number of hydrogen-bond donors (Lipinski definition) is 3. The summed E-state index contributed by atoms with van der Waals surface area (Å²) >= 11 is 0. The SMILES string of the molecule is CC[C@@H](O)[C@]1(C)C[C@H](C)[C@@](O)([C@H]2C[C@H](C)[C@H]([C@]3(C)C[C@@H](O[C@@H]4CC[C@@H](OC)[C@@H](C)O4)[C@H]([C@@H]4CC[C@@]5(O[C@H]([C@@H](C)[C@@H](OC)[C@H](C)C(=O)O)[C@H](C)[C@@H](OC)[C@H]5C)O4)O3)O2)O1. The second-order valence-corrected chi connectivity index (χ2v) is 19.5. The van der Waals surface area contributed by atoms with Gasteiger partial charge in [0.2, 0.25) is 0 Å². The number of rotatable bonds is 14. The number of methoxy groups -OCH3 is 3. The van der Waals surface area contributed by atoms with Crippen LogP contribution in [0.15, 0.2) is 0 Å². The average Bonchev–Trinajstić information content (AvgIpc) is 3.93. The molecule has 6 rings (SSSR count). The highest BCUT2D eigenvalue weighted by atomic mass is 16.7. The molecule has 6 aliphatic heterocycles. The zero-order chi connectivity index (χ0) is 42.7. The number of aliphatic hydroxyl groups excluding tert-OH is 1. The second-order valence-electron chi connectivity index (χ2n) is 19.5. The molecule has 0 aromatic carbocycles. The smallest absolute Gasteiger partial charge is 0.308 e. The topological polar surface area (TPSA) is 170 Å². The number of ether oxygens (including phenoxy) is 10. The van der Waals surface area contributed by atoms with Gasteiger partial charge in [0, 0.05) is 64.3 Å². The van der Waals surface area contributed by atoms with Crippen LogP contribution in [0.2, 0.25) is 0 Å². The third-order valence-electron chi connectivity index (χ3n) is 15.5. The lowest BCUT2D eigenvalue weighted by molar-refractivity contribution is -0.349. The van der Waals surface area contributed by atoms with Crippen LogP contribution in [0.25, 0.3) is 0 Å². The summed E-state index contributed by atoms with van der Waals surface area (Å²) in [5.74, 6) is -4.99. The fourth-order valence-corrected chi connectivity index (χ4v) is 12.2. The van der Waals surface area contributed by atoms with Gasteiger partial charge in [0.25, 0.3) is 0 Å². The van der Waals surface area contributed by atoms with Gasteiger partial charge in [-0.1, -0.05) is 41.5 Å². The molecule has 0 aromatic heterocycles. The van der Waals surface area contributed by atoms with Crippen LogP contribution >= 0.6 is 0 Å². The van der Waals surface area contributed by atoms with E-state index in [-0.39, 0.29) is 47.9 Å². The summed E-state index contributed by atoms with van der Waals surface area (Å²) in [5, 5.41) is 32.9. The summed E-state index contributed by atoms with van der Waals surface area (Å²) in [6.45, 7) is 19.8. The van der Waals surface area contributed by atoms with E-state index in [1.54, 1.807) is 28.3 Å². The first-order valence-electron chi connectivity index (χ1n) is 22.1. The van der Waals surface area contributed by atoms with Crippen molar-refractivity contribution in [3.8, 4) is 0 Å². The van der Waals surface area contributed by atoms with Crippen LogP contribution in [-0.2, 0) is 52.2 Å². The van der Waals surface area contributed by atoms with Crippen LogP contribution in [0.5, 0.6) is 0 Å². The van der Waals surface area contributed by atoms with E-state index in [2.05, 4.69) is 27.7 Å². The maximum Gasteiger partial charge on any atom is 0.308 e. The molecular weight excluding hydrogens is 752 g/mol. The van der Waals surface area contributed by atoms with Gasteiger partial charge >= 0.3 is 5.97 Å². The molecule has 0 amide bonds. The maximum atomic E-state index is 12.1. The predicted octanol–water partition coefficient (Wildman–Crippen LogP) is 5.46. The molecule has 14 nitrogen and oxygen atoms in total. The Labute approximate surface area is 346 Å². The van der Waals surface area contributed by atoms with Gasteiger partial charge in [0.05, 0.1) is 72.1 Å². The van der Waals surface area contributed by atoms with Crippen LogP contribution in [0.1, 0.15) is 121 Å². The van der Waals surface area contributed by atoms with Crippen molar-refractivity contribution in [1.29, 1.82) is 0 Å². The summed E-state index contributed by atoms with van der Waals surface area (Å²) < 4.78 is 65.7. The molecule has 0 saturated carbocycles. The molecule has 22 atom stereocenters. The molecule has 3 N–H and O–H groups in total. The number of carboxylic acids is 1. The number of aliphatic hydroxyl groups is 2. The van der Waals surface area contributed by atoms with E-state index in [9.17, 15) is 20.1 Å². The minimum Gasteiger partial charge on any atom is -0.481 e. The molecule has 0 unspecified atom stereocenters. The summed E-state index contributed by atoms with van der Waals surface area (Å²) in [7, 11) is 4.97. The Kier molecular flexibility index (Phi) is 14.1. The highest BCUT2D eigenvalue weighted by molar-refractivity contribution is 5.70. The fourth-order valence-electron chi connectivity index (χ4n) is 12.2. The summed E-state index contributed by atoms with van der Waals surface area (Å²) in [4.78, 5) is 12.1. The molecule has 336 valence electrons. The third kappa shape index (κ3) is 8.30. The zero-order valence-corrected chi connectivity index (χ0v) is 37.4. The van der Waals surface area contributed by atoms with Crippen molar-refractivity contribution < 1.29 is 67.5 Å². The van der Waals surface area contributed by atoms with Crippen molar-refractivity contribution in [3.63, 3.8) is 0 Å². The van der Waals surface area contributed by atoms with Crippen molar-refractivity contribution in [1.82, 2.24) is 0 Å². The minimum absolute atomic E-state index is 0.0104. The number of carbonyl (C=O) groups is 1. The van der Waals surface area contributed by atoms with E-state index in [4.69, 9.17) is 47.4 Å². The monoisotopic (exact) mass is 829 g/mol. The number of carboxylic acid groups (broad SMARTS) is 1. The van der Waals surface area contributed by atoms with Crippen LogP contribution in [-0.4, -0.2) is 139 Å². The van der Waals surface area contributed by atoms with E-state index in [1.165, 1.54) is 0 Å². The van der Waals surface area contributed by atoms with E-state index in [1.807, 2.05) is 34.6 Å². The van der Waals surface area contributed by atoms with Crippen molar-refractivity contribution in [2.75, 3.05) is 21.3 Å². The molecule has 0 aliphatic carbocycles. The molecule has 0 aromatic rings. The van der Waals surface area contributed by atoms with Crippen LogP contribution in [0.3, 0.4) is 0 Å². The van der Waals surface area contributed by atoms with Crippen LogP contribution < -0.4 is 0 Å². The average molecular weight is 829 g/mol. The van der Waals surface area contributed by atoms with Gasteiger partial charge in [0.15, 0.2) is 17.9 Å². The summed E-state index contributed by atoms with van der Waals surface area (Å²) in [6, 6.07) is 0. The highest BCUT2D eigenvalue weighted by Gasteiger charge is 2.65. The third-order valence-corrected chi connectivity index (χ3v) is 15.5. The number of aliphatic carboxylic acids is 1. The van der Waals surface area contributed by atoms with E-state index >= 15 is 0 Å². The lowest BCUT2D eigenvalue weighted by Crippen LogP contribution is -2.61. The lowest BCUT2D eigenvalue weighted by atomic mass is 9.74. The zero-order valence-electron chi connectivity index (χ0n) is 37.4. The van der Waals surface area contributed by atoms with Gasteiger partial charge in [0.1, 0.15) is 12.2 Å². The van der Waals surface area contributed by atoms with Crippen molar-refractivity contribution in [2.24, 2.45) is 35.5 Å². The van der Waals surface area contributed by atoms with Gasteiger partial charge in [-0.2, -0.15) is 0 Å². The van der Waals surface area contributed by atoms with Crippen molar-refractivity contribution in [3.05, 3.63) is 0 Å². The first-order chi connectivity index (χ1) is 27.2. The first kappa shape index (κ1) is 46.5. The second kappa shape index (κ2) is 17.6. The molecule has 58 heavy (non-hydrogen) atoms. The van der Waals surface area contributed by atoms with Crippen LogP contribution in [0.4, 0.5) is 0 Å². The van der Waals surface area contributed by atoms with Gasteiger partial charge < -0.3 is 62.7 Å². The molecule has 0 bridgehead atoms. The molecule has 1 spiro atoms. The lowest BCUT2D eigenvalue weighted by Gasteiger charge is -2.52. The molecule has 6 heterocycles. The van der Waals surface area contributed by atoms with Crippen molar-refractivity contribution >= 4 is 5.97 Å². The highest BCUT2D eigenvalue weighted by Crippen LogP contribution is 2.55. The van der Waals surface area contributed by atoms with E-state index < -0.39 is 89.8 Å². The molecule has 14 heteroatoms. The van der Waals surface area contributed by atoms with Gasteiger partial charge in [-0.15, -0.1) is 0 Å².